The first-order chi connectivity index (χ1) is 12.7. The molecule has 27 heavy (non-hydrogen) atoms. The highest BCUT2D eigenvalue weighted by molar-refractivity contribution is 5.85. The largest absolute Gasteiger partial charge is 0.333 e. The van der Waals surface area contributed by atoms with Crippen molar-refractivity contribution < 1.29 is 4.79 Å². The molecule has 1 unspecified atom stereocenters. The average molecular weight is 387 g/mol. The monoisotopic (exact) mass is 386 g/mol. The number of hydrogen-bond acceptors (Lipinski definition) is 5. The number of rotatable bonds is 4. The van der Waals surface area contributed by atoms with Crippen molar-refractivity contribution in [2.45, 2.75) is 25.8 Å². The van der Waals surface area contributed by atoms with Gasteiger partial charge in [0.15, 0.2) is 5.82 Å². The van der Waals surface area contributed by atoms with Gasteiger partial charge in [0.2, 0.25) is 5.91 Å². The van der Waals surface area contributed by atoms with Crippen LogP contribution in [0.3, 0.4) is 0 Å². The molecule has 0 saturated carbocycles. The molecular weight excluding hydrogens is 364 g/mol. The summed E-state index contributed by atoms with van der Waals surface area (Å²) >= 11 is 0. The van der Waals surface area contributed by atoms with Gasteiger partial charge in [-0.15, -0.1) is 17.5 Å². The Hall–Kier alpha value is -2.51. The number of nitrogens with one attached hydrogen (secondary N) is 1. The minimum Gasteiger partial charge on any atom is -0.333 e. The molecule has 0 bridgehead atoms. The van der Waals surface area contributed by atoms with Crippen LogP contribution in [-0.4, -0.2) is 50.0 Å². The van der Waals surface area contributed by atoms with Crippen molar-refractivity contribution >= 4 is 24.1 Å². The SMILES string of the molecule is CCc1ccc(C2CNCCN2C(=O)Cc2nc3ncccn3n2)cc1.Cl. The molecule has 1 saturated heterocycles. The van der Waals surface area contributed by atoms with Gasteiger partial charge in [-0.25, -0.2) is 9.50 Å². The first-order valence-corrected chi connectivity index (χ1v) is 9.00. The van der Waals surface area contributed by atoms with Gasteiger partial charge in [-0.1, -0.05) is 31.2 Å². The molecule has 1 aromatic carbocycles. The van der Waals surface area contributed by atoms with Gasteiger partial charge in [-0.2, -0.15) is 4.98 Å². The lowest BCUT2D eigenvalue weighted by Gasteiger charge is -2.36. The molecule has 4 rings (SSSR count). The Bertz CT molecular complexity index is 877. The number of halogens is 1. The molecular formula is C19H23ClN6O. The van der Waals surface area contributed by atoms with Gasteiger partial charge in [0.1, 0.15) is 0 Å². The Balaban J connectivity index is 0.00000210. The molecule has 1 N–H and O–H groups in total. The van der Waals surface area contributed by atoms with Crippen LogP contribution in [-0.2, 0) is 17.6 Å². The van der Waals surface area contributed by atoms with E-state index in [4.69, 9.17) is 0 Å². The number of aryl methyl sites for hydroxylation is 1. The van der Waals surface area contributed by atoms with E-state index in [-0.39, 0.29) is 30.8 Å². The number of nitrogens with zero attached hydrogens (tertiary/aromatic N) is 5. The Labute approximate surface area is 164 Å². The molecule has 3 aromatic rings. The third-order valence-electron chi connectivity index (χ3n) is 4.81. The van der Waals surface area contributed by atoms with Gasteiger partial charge in [-0.3, -0.25) is 4.79 Å². The zero-order chi connectivity index (χ0) is 17.9. The van der Waals surface area contributed by atoms with Gasteiger partial charge in [-0.05, 0) is 23.6 Å². The molecule has 7 nitrogen and oxygen atoms in total. The number of carbonyl (C=O) groups excluding carboxylic acids is 1. The van der Waals surface area contributed by atoms with Crippen LogP contribution in [0, 0.1) is 0 Å². The topological polar surface area (TPSA) is 75.4 Å². The number of hydrogen-bond donors (Lipinski definition) is 1. The molecule has 142 valence electrons. The highest BCUT2D eigenvalue weighted by atomic mass is 35.5. The standard InChI is InChI=1S/C19H22N6O.ClH/c1-2-14-4-6-15(7-5-14)16-13-20-9-11-24(16)18(26)12-17-22-19-21-8-3-10-25(19)23-17;/h3-8,10,16,20H,2,9,11-13H2,1H3;1H. The van der Waals surface area contributed by atoms with Crippen LogP contribution in [0.2, 0.25) is 0 Å². The van der Waals surface area contributed by atoms with E-state index in [9.17, 15) is 4.79 Å². The Morgan fingerprint density at radius 1 is 1.30 bits per heavy atom. The highest BCUT2D eigenvalue weighted by Gasteiger charge is 2.28. The third-order valence-corrected chi connectivity index (χ3v) is 4.81. The summed E-state index contributed by atoms with van der Waals surface area (Å²) in [4.78, 5) is 23.4. The third kappa shape index (κ3) is 4.09. The highest BCUT2D eigenvalue weighted by Crippen LogP contribution is 2.23. The molecule has 0 spiro atoms. The summed E-state index contributed by atoms with van der Waals surface area (Å²) in [5.74, 6) is 1.07. The Morgan fingerprint density at radius 3 is 2.85 bits per heavy atom. The van der Waals surface area contributed by atoms with Crippen LogP contribution in [0.4, 0.5) is 0 Å². The van der Waals surface area contributed by atoms with Gasteiger partial charge < -0.3 is 10.2 Å². The molecule has 1 aliphatic rings. The molecule has 8 heteroatoms. The van der Waals surface area contributed by atoms with Crippen LogP contribution in [0.25, 0.3) is 5.78 Å². The lowest BCUT2D eigenvalue weighted by atomic mass is 10.0. The number of carbonyl (C=O) groups is 1. The van der Waals surface area contributed by atoms with E-state index in [1.165, 1.54) is 5.56 Å². The van der Waals surface area contributed by atoms with Gasteiger partial charge in [0.05, 0.1) is 12.5 Å². The van der Waals surface area contributed by atoms with E-state index in [1.54, 1.807) is 23.0 Å². The second kappa shape index (κ2) is 8.45. The van der Waals surface area contributed by atoms with Crippen LogP contribution in [0.15, 0.2) is 42.7 Å². The van der Waals surface area contributed by atoms with E-state index >= 15 is 0 Å². The van der Waals surface area contributed by atoms with Crippen molar-refractivity contribution in [3.8, 4) is 0 Å². The van der Waals surface area contributed by atoms with Crippen LogP contribution in [0.5, 0.6) is 0 Å². The maximum Gasteiger partial charge on any atom is 0.252 e. The van der Waals surface area contributed by atoms with Crippen LogP contribution in [0.1, 0.15) is 29.9 Å². The fourth-order valence-electron chi connectivity index (χ4n) is 3.36. The van der Waals surface area contributed by atoms with Crippen LogP contribution >= 0.6 is 12.4 Å². The van der Waals surface area contributed by atoms with Crippen molar-refractivity contribution in [1.82, 2.24) is 29.8 Å². The fraction of sp³-hybridized carbons (Fsp3) is 0.368. The van der Waals surface area contributed by atoms with Crippen molar-refractivity contribution in [2.75, 3.05) is 19.6 Å². The molecule has 0 aliphatic carbocycles. The Kier molecular flexibility index (Phi) is 6.03. The maximum absolute atomic E-state index is 12.9. The molecule has 2 aromatic heterocycles. The second-order valence-electron chi connectivity index (χ2n) is 6.47. The average Bonchev–Trinajstić information content (AvgIpc) is 3.10. The first kappa shape index (κ1) is 19.3. The number of piperazine rings is 1. The number of amides is 1. The molecule has 1 fully saturated rings. The number of aromatic nitrogens is 4. The summed E-state index contributed by atoms with van der Waals surface area (Å²) in [6, 6.07) is 10.4. The molecule has 1 aliphatic heterocycles. The van der Waals surface area contributed by atoms with Gasteiger partial charge >= 0.3 is 0 Å². The first-order valence-electron chi connectivity index (χ1n) is 9.00. The molecule has 0 radical (unpaired) electrons. The smallest absolute Gasteiger partial charge is 0.252 e. The summed E-state index contributed by atoms with van der Waals surface area (Å²) in [7, 11) is 0. The summed E-state index contributed by atoms with van der Waals surface area (Å²) in [5.41, 5.74) is 2.46. The minimum absolute atomic E-state index is 0. The molecule has 1 amide bonds. The summed E-state index contributed by atoms with van der Waals surface area (Å²) in [6.07, 6.45) is 4.65. The van der Waals surface area contributed by atoms with E-state index in [1.807, 2.05) is 4.90 Å². The second-order valence-corrected chi connectivity index (χ2v) is 6.47. The summed E-state index contributed by atoms with van der Waals surface area (Å²) in [5, 5.41) is 7.74. The minimum atomic E-state index is 0. The maximum atomic E-state index is 12.9. The normalized spacial score (nSPS) is 16.9. The predicted octanol–water partition coefficient (Wildman–Crippen LogP) is 1.82. The van der Waals surface area contributed by atoms with E-state index < -0.39 is 0 Å². The number of fused-ring (bicyclic) bond motifs is 1. The van der Waals surface area contributed by atoms with Crippen molar-refractivity contribution in [2.24, 2.45) is 0 Å². The Morgan fingerprint density at radius 2 is 2.11 bits per heavy atom. The zero-order valence-corrected chi connectivity index (χ0v) is 16.0. The quantitative estimate of drug-likeness (QED) is 0.740. The van der Waals surface area contributed by atoms with Gasteiger partial charge in [0.25, 0.3) is 5.78 Å². The molecule has 1 atom stereocenters. The van der Waals surface area contributed by atoms with E-state index in [2.05, 4.69) is 51.6 Å². The lowest BCUT2D eigenvalue weighted by molar-refractivity contribution is -0.133. The lowest BCUT2D eigenvalue weighted by Crippen LogP contribution is -2.49. The van der Waals surface area contributed by atoms with Crippen molar-refractivity contribution in [3.63, 3.8) is 0 Å². The number of benzene rings is 1. The van der Waals surface area contributed by atoms with E-state index in [0.29, 0.717) is 18.1 Å². The van der Waals surface area contributed by atoms with E-state index in [0.717, 1.165) is 25.1 Å². The molecule has 3 heterocycles. The predicted molar refractivity (Wildman–Crippen MR) is 105 cm³/mol. The zero-order valence-electron chi connectivity index (χ0n) is 15.2. The fourth-order valence-corrected chi connectivity index (χ4v) is 3.36. The van der Waals surface area contributed by atoms with Crippen LogP contribution < -0.4 is 5.32 Å². The van der Waals surface area contributed by atoms with Crippen molar-refractivity contribution in [3.05, 3.63) is 59.7 Å². The summed E-state index contributed by atoms with van der Waals surface area (Å²) < 4.78 is 1.60. The van der Waals surface area contributed by atoms with Gasteiger partial charge in [0, 0.05) is 32.0 Å². The van der Waals surface area contributed by atoms with Crippen molar-refractivity contribution in [1.29, 1.82) is 0 Å². The summed E-state index contributed by atoms with van der Waals surface area (Å²) in [6.45, 7) is 4.39.